The monoisotopic (exact) mass is 286 g/mol. The number of carbonyl (C=O) groups is 1. The van der Waals surface area contributed by atoms with Crippen molar-refractivity contribution in [2.75, 3.05) is 26.4 Å². The van der Waals surface area contributed by atoms with Crippen molar-refractivity contribution in [2.24, 2.45) is 0 Å². The Morgan fingerprint density at radius 1 is 1.32 bits per heavy atom. The molecule has 0 bridgehead atoms. The van der Waals surface area contributed by atoms with Crippen molar-refractivity contribution in [1.82, 2.24) is 4.31 Å². The van der Waals surface area contributed by atoms with Gasteiger partial charge in [-0.05, 0) is 37.1 Å². The quantitative estimate of drug-likeness (QED) is 0.649. The van der Waals surface area contributed by atoms with E-state index in [1.165, 1.54) is 20.2 Å². The van der Waals surface area contributed by atoms with Crippen LogP contribution in [0.15, 0.2) is 17.0 Å². The summed E-state index contributed by atoms with van der Waals surface area (Å²) in [5.74, 6) is -0.631. The third-order valence-corrected chi connectivity index (χ3v) is 4.75. The Labute approximate surface area is 113 Å². The molecule has 19 heavy (non-hydrogen) atoms. The molecule has 1 aromatic carbocycles. The second-order valence-corrected chi connectivity index (χ2v) is 6.32. The summed E-state index contributed by atoms with van der Waals surface area (Å²) in [4.78, 5) is 11.1. The van der Waals surface area contributed by atoms with E-state index >= 15 is 0 Å². The molecule has 106 valence electrons. The number of hydrogen-bond acceptors (Lipinski definition) is 5. The molecule has 0 saturated carbocycles. The molecule has 0 aliphatic carbocycles. The Bertz CT molecular complexity index is 596. The highest BCUT2D eigenvalue weighted by Crippen LogP contribution is 2.25. The summed E-state index contributed by atoms with van der Waals surface area (Å²) in [5.41, 5.74) is 7.65. The van der Waals surface area contributed by atoms with Crippen molar-refractivity contribution in [3.63, 3.8) is 0 Å². The van der Waals surface area contributed by atoms with E-state index < -0.39 is 16.0 Å². The van der Waals surface area contributed by atoms with Gasteiger partial charge >= 0.3 is 5.97 Å². The zero-order valence-electron chi connectivity index (χ0n) is 11.4. The number of anilines is 1. The number of ether oxygens (including phenoxy) is 1. The number of nitrogen functional groups attached to an aromatic ring is 1. The second-order valence-electron chi connectivity index (χ2n) is 4.31. The summed E-state index contributed by atoms with van der Waals surface area (Å²) >= 11 is 0. The minimum atomic E-state index is -3.81. The number of nitrogens with two attached hydrogens (primary N) is 1. The summed E-state index contributed by atoms with van der Waals surface area (Å²) < 4.78 is 30.0. The molecule has 0 atom stereocenters. The van der Waals surface area contributed by atoms with Crippen LogP contribution in [0.2, 0.25) is 0 Å². The maximum atomic E-state index is 12.3. The van der Waals surface area contributed by atoms with Crippen LogP contribution < -0.4 is 5.73 Å². The van der Waals surface area contributed by atoms with Crippen molar-refractivity contribution in [1.29, 1.82) is 0 Å². The van der Waals surface area contributed by atoms with Crippen LogP contribution in [0.1, 0.15) is 11.1 Å². The van der Waals surface area contributed by atoms with Gasteiger partial charge in [-0.2, -0.15) is 4.31 Å². The zero-order chi connectivity index (χ0) is 14.8. The molecule has 1 rings (SSSR count). The lowest BCUT2D eigenvalue weighted by Gasteiger charge is -2.18. The summed E-state index contributed by atoms with van der Waals surface area (Å²) in [5, 5.41) is 0. The van der Waals surface area contributed by atoms with Gasteiger partial charge in [-0.15, -0.1) is 0 Å². The van der Waals surface area contributed by atoms with Gasteiger partial charge in [-0.3, -0.25) is 4.79 Å². The number of methoxy groups -OCH3 is 1. The van der Waals surface area contributed by atoms with E-state index in [0.29, 0.717) is 0 Å². The highest BCUT2D eigenvalue weighted by molar-refractivity contribution is 7.89. The molecular weight excluding hydrogens is 268 g/mol. The minimum Gasteiger partial charge on any atom is -0.468 e. The average Bonchev–Trinajstić information content (AvgIpc) is 2.33. The molecule has 2 N–H and O–H groups in total. The largest absolute Gasteiger partial charge is 0.468 e. The number of hydrogen-bond donors (Lipinski definition) is 1. The van der Waals surface area contributed by atoms with Crippen LogP contribution in [0.5, 0.6) is 0 Å². The number of benzene rings is 1. The van der Waals surface area contributed by atoms with Crippen LogP contribution in [-0.2, 0) is 19.6 Å². The summed E-state index contributed by atoms with van der Waals surface area (Å²) in [7, 11) is -1.30. The van der Waals surface area contributed by atoms with Gasteiger partial charge in [-0.1, -0.05) is 0 Å². The van der Waals surface area contributed by atoms with Gasteiger partial charge in [0, 0.05) is 7.05 Å². The Hall–Kier alpha value is -1.60. The summed E-state index contributed by atoms with van der Waals surface area (Å²) in [6.07, 6.45) is 0. The van der Waals surface area contributed by atoms with Crippen LogP contribution in [0.3, 0.4) is 0 Å². The van der Waals surface area contributed by atoms with Gasteiger partial charge in [0.1, 0.15) is 11.4 Å². The Morgan fingerprint density at radius 2 is 1.84 bits per heavy atom. The highest BCUT2D eigenvalue weighted by atomic mass is 32.2. The highest BCUT2D eigenvalue weighted by Gasteiger charge is 2.25. The van der Waals surface area contributed by atoms with Crippen molar-refractivity contribution < 1.29 is 17.9 Å². The molecule has 0 aliphatic rings. The molecule has 7 heteroatoms. The van der Waals surface area contributed by atoms with Gasteiger partial charge in [-0.25, -0.2) is 8.42 Å². The van der Waals surface area contributed by atoms with E-state index in [4.69, 9.17) is 5.73 Å². The van der Waals surface area contributed by atoms with E-state index in [2.05, 4.69) is 4.74 Å². The van der Waals surface area contributed by atoms with Crippen LogP contribution in [0.4, 0.5) is 5.69 Å². The van der Waals surface area contributed by atoms with Crippen LogP contribution in [0, 0.1) is 13.8 Å². The molecule has 6 nitrogen and oxygen atoms in total. The molecule has 0 fully saturated rings. The first-order valence-corrected chi connectivity index (χ1v) is 7.04. The first-order valence-electron chi connectivity index (χ1n) is 5.60. The van der Waals surface area contributed by atoms with Crippen LogP contribution in [-0.4, -0.2) is 39.4 Å². The third kappa shape index (κ3) is 3.24. The average molecular weight is 286 g/mol. The number of rotatable bonds is 4. The van der Waals surface area contributed by atoms with Gasteiger partial charge in [0.15, 0.2) is 0 Å². The SMILES string of the molecule is COC(=O)CN(C)S(=O)(=O)c1cc(C)c(C)cc1N. The Morgan fingerprint density at radius 3 is 2.37 bits per heavy atom. The molecule has 0 saturated heterocycles. The molecule has 0 spiro atoms. The maximum absolute atomic E-state index is 12.3. The fourth-order valence-electron chi connectivity index (χ4n) is 1.53. The van der Waals surface area contributed by atoms with E-state index in [0.717, 1.165) is 15.4 Å². The predicted molar refractivity (Wildman–Crippen MR) is 72.2 cm³/mol. The van der Waals surface area contributed by atoms with E-state index in [1.807, 2.05) is 6.92 Å². The van der Waals surface area contributed by atoms with Crippen molar-refractivity contribution in [3.05, 3.63) is 23.3 Å². The van der Waals surface area contributed by atoms with Gasteiger partial charge < -0.3 is 10.5 Å². The second kappa shape index (κ2) is 5.58. The number of likely N-dealkylation sites (N-methyl/N-ethyl adjacent to an activating group) is 1. The van der Waals surface area contributed by atoms with Crippen molar-refractivity contribution in [2.45, 2.75) is 18.7 Å². The van der Waals surface area contributed by atoms with Gasteiger partial charge in [0.2, 0.25) is 10.0 Å². The molecule has 0 heterocycles. The van der Waals surface area contributed by atoms with E-state index in [1.54, 1.807) is 13.0 Å². The van der Waals surface area contributed by atoms with Gasteiger partial charge in [0.05, 0.1) is 12.8 Å². The lowest BCUT2D eigenvalue weighted by Crippen LogP contribution is -2.33. The number of carbonyl (C=O) groups excluding carboxylic acids is 1. The molecular formula is C12H18N2O4S. The molecule has 1 aromatic rings. The minimum absolute atomic E-state index is 0.00185. The smallest absolute Gasteiger partial charge is 0.321 e. The van der Waals surface area contributed by atoms with Crippen molar-refractivity contribution >= 4 is 21.7 Å². The lowest BCUT2D eigenvalue weighted by molar-refractivity contribution is -0.140. The number of nitrogens with zero attached hydrogens (tertiary/aromatic N) is 1. The molecule has 0 amide bonds. The van der Waals surface area contributed by atoms with Crippen molar-refractivity contribution in [3.8, 4) is 0 Å². The Kier molecular flexibility index (Phi) is 4.54. The molecule has 0 aliphatic heterocycles. The first kappa shape index (κ1) is 15.5. The van der Waals surface area contributed by atoms with E-state index in [-0.39, 0.29) is 17.1 Å². The zero-order valence-corrected chi connectivity index (χ0v) is 12.2. The fourth-order valence-corrected chi connectivity index (χ4v) is 2.83. The third-order valence-electron chi connectivity index (χ3n) is 2.89. The number of aryl methyl sites for hydroxylation is 2. The number of sulfonamides is 1. The summed E-state index contributed by atoms with van der Waals surface area (Å²) in [6, 6.07) is 3.11. The summed E-state index contributed by atoms with van der Waals surface area (Å²) in [6.45, 7) is 3.29. The molecule has 0 unspecified atom stereocenters. The maximum Gasteiger partial charge on any atom is 0.321 e. The van der Waals surface area contributed by atoms with Gasteiger partial charge in [0.25, 0.3) is 0 Å². The van der Waals surface area contributed by atoms with Crippen LogP contribution in [0.25, 0.3) is 0 Å². The van der Waals surface area contributed by atoms with Crippen LogP contribution >= 0.6 is 0 Å². The molecule has 0 radical (unpaired) electrons. The first-order chi connectivity index (χ1) is 8.70. The normalized spacial score (nSPS) is 11.6. The standard InChI is InChI=1S/C12H18N2O4S/c1-8-5-10(13)11(6-9(8)2)19(16,17)14(3)7-12(15)18-4/h5-6H,7,13H2,1-4H3. The lowest BCUT2D eigenvalue weighted by atomic mass is 10.1. The Balaban J connectivity index is 3.20. The van der Waals surface area contributed by atoms with E-state index in [9.17, 15) is 13.2 Å². The molecule has 0 aromatic heterocycles. The number of esters is 1. The topological polar surface area (TPSA) is 89.7 Å². The fraction of sp³-hybridized carbons (Fsp3) is 0.417. The predicted octanol–water partition coefficient (Wildman–Crippen LogP) is 0.679.